The van der Waals surface area contributed by atoms with Crippen molar-refractivity contribution < 1.29 is 4.42 Å². The second-order valence-corrected chi connectivity index (χ2v) is 8.70. The second-order valence-electron chi connectivity index (χ2n) is 7.45. The summed E-state index contributed by atoms with van der Waals surface area (Å²) in [5.74, 6) is 0. The van der Waals surface area contributed by atoms with Gasteiger partial charge in [0, 0.05) is 53.7 Å². The maximum absolute atomic E-state index is 5.21. The third-order valence-corrected chi connectivity index (χ3v) is 6.45. The van der Waals surface area contributed by atoms with E-state index in [-0.39, 0.29) is 0 Å². The predicted octanol–water partition coefficient (Wildman–Crippen LogP) is 2.27. The van der Waals surface area contributed by atoms with E-state index in [1.54, 1.807) is 6.26 Å². The number of furan rings is 1. The molecule has 2 aliphatic heterocycles. The molecule has 1 atom stereocenters. The van der Waals surface area contributed by atoms with Gasteiger partial charge in [0.1, 0.15) is 5.00 Å². The number of hydrogen-bond donors (Lipinski definition) is 2. The molecule has 0 aromatic carbocycles. The van der Waals surface area contributed by atoms with Crippen LogP contribution in [-0.4, -0.2) is 35.6 Å². The van der Waals surface area contributed by atoms with Gasteiger partial charge in [0.2, 0.25) is 0 Å². The molecule has 5 heterocycles. The zero-order valence-corrected chi connectivity index (χ0v) is 16.8. The fourth-order valence-corrected chi connectivity index (χ4v) is 5.00. The van der Waals surface area contributed by atoms with Gasteiger partial charge in [-0.3, -0.25) is 4.98 Å². The van der Waals surface area contributed by atoms with Gasteiger partial charge < -0.3 is 20.0 Å². The Hall–Kier alpha value is -2.57. The van der Waals surface area contributed by atoms with E-state index in [0.29, 0.717) is 6.04 Å². The van der Waals surface area contributed by atoms with Gasteiger partial charge in [0.15, 0.2) is 0 Å². The quantitative estimate of drug-likeness (QED) is 0.713. The Bertz CT molecular complexity index is 1090. The monoisotopic (exact) mass is 392 g/mol. The van der Waals surface area contributed by atoms with Crippen molar-refractivity contribution in [1.29, 1.82) is 0 Å². The fourth-order valence-electron chi connectivity index (χ4n) is 4.12. The van der Waals surface area contributed by atoms with Crippen molar-refractivity contribution in [2.75, 3.05) is 25.0 Å². The highest BCUT2D eigenvalue weighted by Crippen LogP contribution is 2.34. The number of fused-ring (bicyclic) bond motifs is 2. The number of piperazine rings is 1. The van der Waals surface area contributed by atoms with Crippen LogP contribution in [0.1, 0.15) is 22.4 Å². The molecule has 0 spiro atoms. The van der Waals surface area contributed by atoms with Crippen molar-refractivity contribution >= 4 is 28.2 Å². The number of pyridine rings is 1. The van der Waals surface area contributed by atoms with Crippen LogP contribution in [0.5, 0.6) is 0 Å². The molecule has 1 saturated heterocycles. The van der Waals surface area contributed by atoms with Crippen molar-refractivity contribution in [2.24, 2.45) is 0 Å². The molecule has 2 N–H and O–H groups in total. The minimum absolute atomic E-state index is 0.451. The Morgan fingerprint density at radius 2 is 2.32 bits per heavy atom. The highest BCUT2D eigenvalue weighted by atomic mass is 32.1. The van der Waals surface area contributed by atoms with Crippen LogP contribution in [-0.2, 0) is 6.42 Å². The van der Waals surface area contributed by atoms with Crippen LogP contribution in [0.4, 0.5) is 5.00 Å². The van der Waals surface area contributed by atoms with Gasteiger partial charge in [0.25, 0.3) is 0 Å². The molecule has 5 rings (SSSR count). The van der Waals surface area contributed by atoms with Crippen LogP contribution in [0.2, 0.25) is 0 Å². The van der Waals surface area contributed by atoms with Crippen molar-refractivity contribution in [3.05, 3.63) is 69.6 Å². The van der Waals surface area contributed by atoms with E-state index in [4.69, 9.17) is 9.40 Å². The van der Waals surface area contributed by atoms with Crippen LogP contribution in [0.25, 0.3) is 11.9 Å². The number of aryl methyl sites for hydroxylation is 2. The minimum Gasteiger partial charge on any atom is -0.472 e. The molecule has 1 fully saturated rings. The first kappa shape index (κ1) is 17.5. The molecule has 1 unspecified atom stereocenters. The number of aromatic nitrogens is 1. The Morgan fingerprint density at radius 1 is 1.36 bits per heavy atom. The molecular formula is C22H24N4OS. The second kappa shape index (κ2) is 7.45. The summed E-state index contributed by atoms with van der Waals surface area (Å²) in [6, 6.07) is 8.94. The van der Waals surface area contributed by atoms with Gasteiger partial charge in [-0.05, 0) is 49.6 Å². The normalized spacial score (nSPS) is 18.7. The average Bonchev–Trinajstić information content (AvgIpc) is 3.33. The van der Waals surface area contributed by atoms with E-state index in [1.165, 1.54) is 26.7 Å². The molecule has 0 amide bonds. The average molecular weight is 393 g/mol. The van der Waals surface area contributed by atoms with Crippen molar-refractivity contribution in [2.45, 2.75) is 25.8 Å². The summed E-state index contributed by atoms with van der Waals surface area (Å²) >= 11 is 1.81. The summed E-state index contributed by atoms with van der Waals surface area (Å²) in [5.41, 5.74) is 3.79. The van der Waals surface area contributed by atoms with E-state index in [2.05, 4.69) is 46.9 Å². The number of anilines is 1. The first-order valence-electron chi connectivity index (χ1n) is 9.80. The van der Waals surface area contributed by atoms with Gasteiger partial charge in [-0.15, -0.1) is 11.3 Å². The Kier molecular flexibility index (Phi) is 4.66. The molecular weight excluding hydrogens is 368 g/mol. The summed E-state index contributed by atoms with van der Waals surface area (Å²) < 4.78 is 5.21. The number of rotatable bonds is 4. The lowest BCUT2D eigenvalue weighted by atomic mass is 10.0. The molecule has 0 radical (unpaired) electrons. The smallest absolute Gasteiger partial charge is 0.102 e. The lowest BCUT2D eigenvalue weighted by Crippen LogP contribution is -2.51. The highest BCUT2D eigenvalue weighted by molar-refractivity contribution is 7.16. The zero-order valence-electron chi connectivity index (χ0n) is 15.9. The largest absolute Gasteiger partial charge is 0.472 e. The summed E-state index contributed by atoms with van der Waals surface area (Å²) in [4.78, 5) is 8.61. The van der Waals surface area contributed by atoms with E-state index < -0.39 is 0 Å². The van der Waals surface area contributed by atoms with Gasteiger partial charge in [0.05, 0.1) is 23.6 Å². The zero-order chi connectivity index (χ0) is 18.9. The SMILES string of the molecule is Cc1cc2c(s1)NC=c1cccnc1=C2N1CCNC(CCc2ccoc2)C1. The topological polar surface area (TPSA) is 53.3 Å². The van der Waals surface area contributed by atoms with Crippen LogP contribution in [0, 0.1) is 6.92 Å². The highest BCUT2D eigenvalue weighted by Gasteiger charge is 2.26. The molecule has 3 aromatic heterocycles. The summed E-state index contributed by atoms with van der Waals surface area (Å²) in [6.07, 6.45) is 9.72. The molecule has 28 heavy (non-hydrogen) atoms. The summed E-state index contributed by atoms with van der Waals surface area (Å²) in [6.45, 7) is 5.13. The Morgan fingerprint density at radius 3 is 3.21 bits per heavy atom. The number of thiophene rings is 1. The first-order valence-corrected chi connectivity index (χ1v) is 10.6. The van der Waals surface area contributed by atoms with Gasteiger partial charge in [-0.1, -0.05) is 0 Å². The van der Waals surface area contributed by atoms with E-state index in [9.17, 15) is 0 Å². The van der Waals surface area contributed by atoms with Crippen LogP contribution < -0.4 is 21.2 Å². The minimum atomic E-state index is 0.451. The van der Waals surface area contributed by atoms with Crippen LogP contribution in [0.15, 0.2) is 47.4 Å². The molecule has 0 aliphatic carbocycles. The standard InChI is InChI=1S/C22H24N4OS/c1-15-11-19-21(20-17(3-2-7-24-20)12-25-22(19)28-15)26-9-8-23-18(13-26)5-4-16-6-10-27-14-16/h2-3,6-7,10-12,14,18,23,25H,4-5,8-9,13H2,1H3. The fraction of sp³-hybridized carbons (Fsp3) is 0.318. The van der Waals surface area contributed by atoms with Gasteiger partial charge >= 0.3 is 0 Å². The maximum Gasteiger partial charge on any atom is 0.102 e. The molecule has 144 valence electrons. The van der Waals surface area contributed by atoms with E-state index >= 15 is 0 Å². The molecule has 6 heteroatoms. The molecule has 0 bridgehead atoms. The Balaban J connectivity index is 1.50. The van der Waals surface area contributed by atoms with Crippen LogP contribution in [0.3, 0.4) is 0 Å². The van der Waals surface area contributed by atoms with Gasteiger partial charge in [-0.2, -0.15) is 0 Å². The van der Waals surface area contributed by atoms with E-state index in [1.807, 2.05) is 29.9 Å². The number of nitrogens with zero attached hydrogens (tertiary/aromatic N) is 2. The summed E-state index contributed by atoms with van der Waals surface area (Å²) in [5, 5.41) is 10.6. The van der Waals surface area contributed by atoms with Crippen LogP contribution >= 0.6 is 11.3 Å². The van der Waals surface area contributed by atoms with Crippen molar-refractivity contribution in [3.8, 4) is 0 Å². The van der Waals surface area contributed by atoms with Gasteiger partial charge in [-0.25, -0.2) is 0 Å². The number of hydrogen-bond acceptors (Lipinski definition) is 6. The van der Waals surface area contributed by atoms with E-state index in [0.717, 1.165) is 43.0 Å². The lowest BCUT2D eigenvalue weighted by Gasteiger charge is -2.36. The number of nitrogens with one attached hydrogen (secondary N) is 2. The Labute approximate surface area is 168 Å². The first-order chi connectivity index (χ1) is 13.8. The third kappa shape index (κ3) is 3.34. The lowest BCUT2D eigenvalue weighted by molar-refractivity contribution is 0.268. The maximum atomic E-state index is 5.21. The molecule has 3 aromatic rings. The van der Waals surface area contributed by atoms with Crippen molar-refractivity contribution in [3.63, 3.8) is 0 Å². The molecule has 5 nitrogen and oxygen atoms in total. The predicted molar refractivity (Wildman–Crippen MR) is 114 cm³/mol. The van der Waals surface area contributed by atoms with Crippen molar-refractivity contribution in [1.82, 2.24) is 15.2 Å². The molecule has 0 saturated carbocycles. The third-order valence-electron chi connectivity index (χ3n) is 5.47. The summed E-state index contributed by atoms with van der Waals surface area (Å²) in [7, 11) is 0. The molecule has 2 aliphatic rings.